The van der Waals surface area contributed by atoms with Gasteiger partial charge in [-0.25, -0.2) is 9.89 Å². The number of carbonyl (C=O) groups is 3. The first kappa shape index (κ1) is 30.5. The van der Waals surface area contributed by atoms with Crippen molar-refractivity contribution in [3.8, 4) is 5.69 Å². The lowest BCUT2D eigenvalue weighted by Crippen LogP contribution is -2.44. The minimum absolute atomic E-state index is 0.114. The highest BCUT2D eigenvalue weighted by atomic mass is 35.5. The standard InChI is InChI=1S/C29H26ClN11O4/c30-21-7-12-25(41-18-31-36-39-41)20(17-21)6-13-27(42)33-24(16-19-4-2-1-3-5-19)28(43)32-22-8-10-23(11-9-22)40(29(44)45)15-14-26-34-37-38-35-26/h1-13,17-18,24H,14-16H2,(H,32,43)(H,33,42)(H,44,45)(H,34,35,37,38)/t24-/m0/s1. The van der Waals surface area contributed by atoms with E-state index in [1.54, 1.807) is 48.5 Å². The maximum absolute atomic E-state index is 13.4. The van der Waals surface area contributed by atoms with Crippen molar-refractivity contribution in [3.05, 3.63) is 107 Å². The van der Waals surface area contributed by atoms with Crippen LogP contribution in [0.2, 0.25) is 5.02 Å². The molecule has 2 aromatic heterocycles. The summed E-state index contributed by atoms with van der Waals surface area (Å²) in [6, 6.07) is 19.7. The van der Waals surface area contributed by atoms with Gasteiger partial charge in [-0.3, -0.25) is 14.5 Å². The summed E-state index contributed by atoms with van der Waals surface area (Å²) in [7, 11) is 0. The second-order valence-electron chi connectivity index (χ2n) is 9.61. The van der Waals surface area contributed by atoms with E-state index in [0.717, 1.165) is 10.5 Å². The minimum atomic E-state index is -1.15. The Bertz CT molecular complexity index is 1760. The number of aromatic amines is 1. The summed E-state index contributed by atoms with van der Waals surface area (Å²) in [4.78, 5) is 39.5. The number of anilines is 2. The quantitative estimate of drug-likeness (QED) is 0.149. The van der Waals surface area contributed by atoms with E-state index in [4.69, 9.17) is 11.6 Å². The summed E-state index contributed by atoms with van der Waals surface area (Å²) in [6.45, 7) is 0.114. The molecule has 0 fully saturated rings. The van der Waals surface area contributed by atoms with E-state index in [1.807, 2.05) is 30.3 Å². The SMILES string of the molecule is O=C(C=Cc1cc(Cl)ccc1-n1cnnn1)N[C@@H](Cc1ccccc1)C(=O)Nc1ccc(N(CCc2nnn[nH]2)C(=O)O)cc1. The van der Waals surface area contributed by atoms with Crippen molar-refractivity contribution in [2.24, 2.45) is 0 Å². The predicted molar refractivity (Wildman–Crippen MR) is 164 cm³/mol. The first-order valence-electron chi connectivity index (χ1n) is 13.5. The van der Waals surface area contributed by atoms with Crippen molar-refractivity contribution < 1.29 is 19.5 Å². The second kappa shape index (κ2) is 14.5. The van der Waals surface area contributed by atoms with Gasteiger partial charge in [0.15, 0.2) is 0 Å². The van der Waals surface area contributed by atoms with Crippen LogP contribution in [0.4, 0.5) is 16.2 Å². The molecule has 0 saturated carbocycles. The van der Waals surface area contributed by atoms with Gasteiger partial charge in [-0.2, -0.15) is 4.68 Å². The number of H-pyrrole nitrogens is 1. The van der Waals surface area contributed by atoms with Crippen LogP contribution in [0.15, 0.2) is 85.2 Å². The van der Waals surface area contributed by atoms with Crippen LogP contribution in [-0.2, 0) is 22.4 Å². The molecule has 5 rings (SSSR count). The average Bonchev–Trinajstić information content (AvgIpc) is 3.76. The Morgan fingerprint density at radius 1 is 1.04 bits per heavy atom. The number of carboxylic acid groups (broad SMARTS) is 1. The molecular formula is C29H26ClN11O4. The maximum atomic E-state index is 13.4. The number of carbonyl (C=O) groups excluding carboxylic acids is 2. The first-order chi connectivity index (χ1) is 21.9. The Morgan fingerprint density at radius 2 is 1.84 bits per heavy atom. The molecule has 45 heavy (non-hydrogen) atoms. The number of hydrogen-bond donors (Lipinski definition) is 4. The highest BCUT2D eigenvalue weighted by Gasteiger charge is 2.22. The predicted octanol–water partition coefficient (Wildman–Crippen LogP) is 2.94. The fourth-order valence-electron chi connectivity index (χ4n) is 4.38. The van der Waals surface area contributed by atoms with E-state index >= 15 is 0 Å². The van der Waals surface area contributed by atoms with Crippen molar-refractivity contribution >= 4 is 47.0 Å². The van der Waals surface area contributed by atoms with Crippen LogP contribution < -0.4 is 15.5 Å². The van der Waals surface area contributed by atoms with E-state index in [-0.39, 0.29) is 19.4 Å². The zero-order valence-electron chi connectivity index (χ0n) is 23.5. The molecule has 0 bridgehead atoms. The van der Waals surface area contributed by atoms with E-state index in [2.05, 4.69) is 46.8 Å². The van der Waals surface area contributed by atoms with E-state index in [0.29, 0.717) is 33.5 Å². The van der Waals surface area contributed by atoms with Crippen molar-refractivity contribution in [1.29, 1.82) is 0 Å². The van der Waals surface area contributed by atoms with Gasteiger partial charge in [-0.1, -0.05) is 41.9 Å². The summed E-state index contributed by atoms with van der Waals surface area (Å²) in [5, 5.41) is 40.2. The van der Waals surface area contributed by atoms with Crippen molar-refractivity contribution in [2.45, 2.75) is 18.9 Å². The van der Waals surface area contributed by atoms with Crippen LogP contribution in [0.3, 0.4) is 0 Å². The lowest BCUT2D eigenvalue weighted by atomic mass is 10.0. The van der Waals surface area contributed by atoms with E-state index < -0.39 is 23.9 Å². The first-order valence-corrected chi connectivity index (χ1v) is 13.9. The number of rotatable bonds is 12. The lowest BCUT2D eigenvalue weighted by molar-refractivity contribution is -0.123. The maximum Gasteiger partial charge on any atom is 0.411 e. The van der Waals surface area contributed by atoms with Crippen LogP contribution in [0, 0.1) is 0 Å². The van der Waals surface area contributed by atoms with Crippen LogP contribution in [0.25, 0.3) is 11.8 Å². The molecule has 0 saturated heterocycles. The van der Waals surface area contributed by atoms with Crippen molar-refractivity contribution in [1.82, 2.24) is 46.1 Å². The largest absolute Gasteiger partial charge is 0.465 e. The number of nitrogens with zero attached hydrogens (tertiary/aromatic N) is 8. The number of tetrazole rings is 2. The monoisotopic (exact) mass is 627 g/mol. The van der Waals surface area contributed by atoms with Crippen LogP contribution in [-0.4, -0.2) is 76.4 Å². The Balaban J connectivity index is 1.28. The van der Waals surface area contributed by atoms with Gasteiger partial charge in [0.1, 0.15) is 18.2 Å². The average molecular weight is 628 g/mol. The molecule has 3 aromatic carbocycles. The zero-order chi connectivity index (χ0) is 31.6. The van der Waals surface area contributed by atoms with Gasteiger partial charge in [0.25, 0.3) is 0 Å². The zero-order valence-corrected chi connectivity index (χ0v) is 24.2. The fraction of sp³-hybridized carbons (Fsp3) is 0.138. The van der Waals surface area contributed by atoms with Gasteiger partial charge in [-0.15, -0.1) is 10.2 Å². The van der Waals surface area contributed by atoms with Crippen LogP contribution in [0.5, 0.6) is 0 Å². The van der Waals surface area contributed by atoms with E-state index in [1.165, 1.54) is 17.1 Å². The molecule has 1 atom stereocenters. The summed E-state index contributed by atoms with van der Waals surface area (Å²) < 4.78 is 1.44. The van der Waals surface area contributed by atoms with Gasteiger partial charge in [0.2, 0.25) is 11.8 Å². The summed E-state index contributed by atoms with van der Waals surface area (Å²) in [6.07, 6.45) is 3.63. The third-order valence-corrected chi connectivity index (χ3v) is 6.79. The molecule has 228 valence electrons. The molecule has 0 aliphatic carbocycles. The summed E-state index contributed by atoms with van der Waals surface area (Å²) in [5.41, 5.74) is 2.84. The van der Waals surface area contributed by atoms with Gasteiger partial charge in [0.05, 0.1) is 5.69 Å². The topological polar surface area (TPSA) is 197 Å². The molecule has 3 amide bonds. The number of hydrogen-bond acceptors (Lipinski definition) is 9. The van der Waals surface area contributed by atoms with Crippen LogP contribution in [0.1, 0.15) is 17.0 Å². The molecule has 0 unspecified atom stereocenters. The minimum Gasteiger partial charge on any atom is -0.465 e. The highest BCUT2D eigenvalue weighted by molar-refractivity contribution is 6.30. The van der Waals surface area contributed by atoms with E-state index in [9.17, 15) is 19.5 Å². The van der Waals surface area contributed by atoms with Gasteiger partial charge < -0.3 is 15.7 Å². The normalized spacial score (nSPS) is 11.7. The Hall–Kier alpha value is -5.96. The molecule has 2 heterocycles. The number of amides is 3. The number of nitrogens with one attached hydrogen (secondary N) is 3. The number of halogens is 1. The molecule has 15 nitrogen and oxygen atoms in total. The molecule has 0 radical (unpaired) electrons. The second-order valence-corrected chi connectivity index (χ2v) is 10.0. The summed E-state index contributed by atoms with van der Waals surface area (Å²) >= 11 is 6.18. The van der Waals surface area contributed by atoms with Crippen molar-refractivity contribution in [2.75, 3.05) is 16.8 Å². The Morgan fingerprint density at radius 3 is 2.53 bits per heavy atom. The molecule has 0 aliphatic heterocycles. The molecule has 0 aliphatic rings. The molecular weight excluding hydrogens is 602 g/mol. The molecule has 0 spiro atoms. The third-order valence-electron chi connectivity index (χ3n) is 6.55. The molecule has 5 aromatic rings. The lowest BCUT2D eigenvalue weighted by Gasteiger charge is -2.20. The third kappa shape index (κ3) is 8.32. The smallest absolute Gasteiger partial charge is 0.411 e. The summed E-state index contributed by atoms with van der Waals surface area (Å²) in [5.74, 6) is -0.520. The number of benzene rings is 3. The fourth-order valence-corrected chi connectivity index (χ4v) is 4.56. The Kier molecular flexibility index (Phi) is 9.81. The van der Waals surface area contributed by atoms with Gasteiger partial charge in [-0.05, 0) is 75.0 Å². The Labute approximate surface area is 260 Å². The van der Waals surface area contributed by atoms with Gasteiger partial charge >= 0.3 is 6.09 Å². The molecule has 16 heteroatoms. The highest BCUT2D eigenvalue weighted by Crippen LogP contribution is 2.21. The number of aromatic nitrogens is 8. The van der Waals surface area contributed by atoms with Crippen molar-refractivity contribution in [3.63, 3.8) is 0 Å². The van der Waals surface area contributed by atoms with Crippen LogP contribution >= 0.6 is 11.6 Å². The molecule has 4 N–H and O–H groups in total. The van der Waals surface area contributed by atoms with Gasteiger partial charge in [0, 0.05) is 47.4 Å².